The first-order valence-corrected chi connectivity index (χ1v) is 12.5. The van der Waals surface area contributed by atoms with Crippen LogP contribution in [-0.4, -0.2) is 37.4 Å². The standard InChI is InChI=1S/C29H36F2O5/c1-3-4-5-6-7-8-25-13-14-26(28(31)27(25)30)24-11-9-22(10-12-24)23(15-17-35-20-33)16-18-36-29(34)21(2)19-32/h9-14,20,23,32H,2-8,15-19H2,1H3. The second kappa shape index (κ2) is 15.8. The summed E-state index contributed by atoms with van der Waals surface area (Å²) in [5.74, 6) is -2.41. The second-order valence-electron chi connectivity index (χ2n) is 8.83. The molecule has 2 aromatic rings. The van der Waals surface area contributed by atoms with Crippen molar-refractivity contribution >= 4 is 12.4 Å². The first-order chi connectivity index (χ1) is 17.4. The zero-order chi connectivity index (χ0) is 26.3. The number of aliphatic hydroxyl groups is 1. The molecule has 0 aliphatic heterocycles. The molecule has 0 amide bonds. The van der Waals surface area contributed by atoms with Gasteiger partial charge in [0.1, 0.15) is 0 Å². The van der Waals surface area contributed by atoms with E-state index in [2.05, 4.69) is 13.5 Å². The Balaban J connectivity index is 2.09. The van der Waals surface area contributed by atoms with Gasteiger partial charge in [0.2, 0.25) is 0 Å². The number of rotatable bonds is 17. The number of esters is 1. The monoisotopic (exact) mass is 502 g/mol. The molecule has 36 heavy (non-hydrogen) atoms. The summed E-state index contributed by atoms with van der Waals surface area (Å²) in [6.07, 6.45) is 6.70. The molecule has 2 rings (SSSR count). The summed E-state index contributed by atoms with van der Waals surface area (Å²) < 4.78 is 39.5. The van der Waals surface area contributed by atoms with Crippen LogP contribution in [0.15, 0.2) is 48.6 Å². The number of hydrogen-bond acceptors (Lipinski definition) is 5. The van der Waals surface area contributed by atoms with Crippen LogP contribution in [0.2, 0.25) is 0 Å². The van der Waals surface area contributed by atoms with E-state index in [0.717, 1.165) is 37.7 Å². The van der Waals surface area contributed by atoms with Gasteiger partial charge in [-0.15, -0.1) is 0 Å². The number of aryl methyl sites for hydroxylation is 1. The Kier molecular flexibility index (Phi) is 12.8. The fourth-order valence-electron chi connectivity index (χ4n) is 4.06. The van der Waals surface area contributed by atoms with Gasteiger partial charge in [0, 0.05) is 5.56 Å². The molecule has 196 valence electrons. The van der Waals surface area contributed by atoms with Gasteiger partial charge in [-0.05, 0) is 48.3 Å². The lowest BCUT2D eigenvalue weighted by Gasteiger charge is -2.18. The van der Waals surface area contributed by atoms with Crippen LogP contribution in [0.4, 0.5) is 8.78 Å². The second-order valence-corrected chi connectivity index (χ2v) is 8.83. The Morgan fingerprint density at radius 1 is 1.00 bits per heavy atom. The van der Waals surface area contributed by atoms with E-state index in [0.29, 0.717) is 36.9 Å². The first-order valence-electron chi connectivity index (χ1n) is 12.5. The van der Waals surface area contributed by atoms with Gasteiger partial charge in [0.25, 0.3) is 6.47 Å². The Bertz CT molecular complexity index is 988. The summed E-state index contributed by atoms with van der Waals surface area (Å²) in [6.45, 7) is 5.74. The number of unbranched alkanes of at least 4 members (excludes halogenated alkanes) is 4. The first kappa shape index (κ1) is 29.2. The molecule has 1 unspecified atom stereocenters. The quantitative estimate of drug-likeness (QED) is 0.119. The minimum Gasteiger partial charge on any atom is -0.468 e. The van der Waals surface area contributed by atoms with Gasteiger partial charge in [-0.2, -0.15) is 0 Å². The third-order valence-corrected chi connectivity index (χ3v) is 6.24. The van der Waals surface area contributed by atoms with E-state index >= 15 is 0 Å². The summed E-state index contributed by atoms with van der Waals surface area (Å²) in [6, 6.07) is 10.4. The van der Waals surface area contributed by atoms with E-state index in [9.17, 15) is 18.4 Å². The van der Waals surface area contributed by atoms with Gasteiger partial charge in [0.05, 0.1) is 25.4 Å². The van der Waals surface area contributed by atoms with E-state index in [1.165, 1.54) is 0 Å². The molecule has 0 aliphatic rings. The molecule has 5 nitrogen and oxygen atoms in total. The number of ether oxygens (including phenoxy) is 2. The molecule has 0 bridgehead atoms. The lowest BCUT2D eigenvalue weighted by atomic mass is 9.91. The van der Waals surface area contributed by atoms with Crippen LogP contribution < -0.4 is 0 Å². The Morgan fingerprint density at radius 2 is 1.69 bits per heavy atom. The molecule has 0 saturated heterocycles. The third kappa shape index (κ3) is 8.86. The maximum Gasteiger partial charge on any atom is 0.335 e. The lowest BCUT2D eigenvalue weighted by molar-refractivity contribution is -0.139. The van der Waals surface area contributed by atoms with Crippen LogP contribution in [-0.2, 0) is 25.5 Å². The molecule has 2 aromatic carbocycles. The molecule has 0 radical (unpaired) electrons. The zero-order valence-electron chi connectivity index (χ0n) is 20.9. The summed E-state index contributed by atoms with van der Waals surface area (Å²) in [7, 11) is 0. The largest absolute Gasteiger partial charge is 0.468 e. The fourth-order valence-corrected chi connectivity index (χ4v) is 4.06. The Morgan fingerprint density at radius 3 is 2.36 bits per heavy atom. The van der Waals surface area contributed by atoms with Crippen molar-refractivity contribution in [3.05, 3.63) is 71.3 Å². The van der Waals surface area contributed by atoms with Gasteiger partial charge in [-0.3, -0.25) is 4.79 Å². The fraction of sp³-hybridized carbons (Fsp3) is 0.448. The molecular formula is C29H36F2O5. The number of hydrogen-bond donors (Lipinski definition) is 1. The van der Waals surface area contributed by atoms with Crippen molar-refractivity contribution in [3.63, 3.8) is 0 Å². The van der Waals surface area contributed by atoms with Crippen molar-refractivity contribution in [2.75, 3.05) is 19.8 Å². The highest BCUT2D eigenvalue weighted by atomic mass is 19.2. The molecule has 1 N–H and O–H groups in total. The van der Waals surface area contributed by atoms with Crippen molar-refractivity contribution in [2.45, 2.75) is 64.2 Å². The third-order valence-electron chi connectivity index (χ3n) is 6.24. The number of carbonyl (C=O) groups excluding carboxylic acids is 2. The van der Waals surface area contributed by atoms with Crippen LogP contribution in [0.3, 0.4) is 0 Å². The molecular weight excluding hydrogens is 466 g/mol. The highest BCUT2D eigenvalue weighted by Gasteiger charge is 2.17. The molecule has 0 fully saturated rings. The average Bonchev–Trinajstić information content (AvgIpc) is 2.89. The zero-order valence-corrected chi connectivity index (χ0v) is 20.9. The van der Waals surface area contributed by atoms with E-state index in [1.54, 1.807) is 24.3 Å². The smallest absolute Gasteiger partial charge is 0.335 e. The normalized spacial score (nSPS) is 11.7. The van der Waals surface area contributed by atoms with Crippen molar-refractivity contribution in [2.24, 2.45) is 0 Å². The van der Waals surface area contributed by atoms with E-state index in [-0.39, 0.29) is 30.3 Å². The van der Waals surface area contributed by atoms with Crippen LogP contribution in [0.25, 0.3) is 11.1 Å². The molecule has 1 atom stereocenters. The van der Waals surface area contributed by atoms with Crippen molar-refractivity contribution in [3.8, 4) is 11.1 Å². The summed E-state index contributed by atoms with van der Waals surface area (Å²) in [4.78, 5) is 22.2. The topological polar surface area (TPSA) is 72.8 Å². The van der Waals surface area contributed by atoms with Crippen LogP contribution in [0.5, 0.6) is 0 Å². The minimum atomic E-state index is -0.847. The number of aliphatic hydroxyl groups excluding tert-OH is 1. The highest BCUT2D eigenvalue weighted by molar-refractivity contribution is 5.87. The van der Waals surface area contributed by atoms with Gasteiger partial charge in [-0.25, -0.2) is 13.6 Å². The predicted molar refractivity (Wildman–Crippen MR) is 135 cm³/mol. The van der Waals surface area contributed by atoms with Crippen LogP contribution in [0.1, 0.15) is 68.9 Å². The minimum absolute atomic E-state index is 0.0306. The van der Waals surface area contributed by atoms with Gasteiger partial charge in [-0.1, -0.05) is 75.6 Å². The maximum absolute atomic E-state index is 14.9. The highest BCUT2D eigenvalue weighted by Crippen LogP contribution is 2.30. The number of halogens is 2. The molecule has 0 aromatic heterocycles. The van der Waals surface area contributed by atoms with E-state index in [1.807, 2.05) is 12.1 Å². The van der Waals surface area contributed by atoms with Crippen molar-refractivity contribution in [1.29, 1.82) is 0 Å². The van der Waals surface area contributed by atoms with Crippen LogP contribution >= 0.6 is 0 Å². The Labute approximate surface area is 212 Å². The predicted octanol–water partition coefficient (Wildman–Crippen LogP) is 6.27. The van der Waals surface area contributed by atoms with Crippen molar-refractivity contribution < 1.29 is 33.0 Å². The lowest BCUT2D eigenvalue weighted by Crippen LogP contribution is -2.13. The molecule has 7 heteroatoms. The maximum atomic E-state index is 14.9. The van der Waals surface area contributed by atoms with E-state index < -0.39 is 24.2 Å². The van der Waals surface area contributed by atoms with Gasteiger partial charge < -0.3 is 14.6 Å². The molecule has 0 heterocycles. The Hall–Kier alpha value is -3.06. The van der Waals surface area contributed by atoms with E-state index in [4.69, 9.17) is 14.6 Å². The summed E-state index contributed by atoms with van der Waals surface area (Å²) >= 11 is 0. The van der Waals surface area contributed by atoms with Gasteiger partial charge in [0.15, 0.2) is 11.6 Å². The number of carbonyl (C=O) groups is 2. The average molecular weight is 503 g/mol. The van der Waals surface area contributed by atoms with Crippen LogP contribution in [0, 0.1) is 11.6 Å². The van der Waals surface area contributed by atoms with Crippen molar-refractivity contribution in [1.82, 2.24) is 0 Å². The van der Waals surface area contributed by atoms with Gasteiger partial charge >= 0.3 is 5.97 Å². The molecule has 0 aliphatic carbocycles. The SMILES string of the molecule is C=C(CO)C(=O)OCCC(CCOC=O)c1ccc(-c2ccc(CCCCCCC)c(F)c2F)cc1. The summed E-state index contributed by atoms with van der Waals surface area (Å²) in [5.41, 5.74) is 2.01. The molecule has 0 spiro atoms. The summed E-state index contributed by atoms with van der Waals surface area (Å²) in [5, 5.41) is 8.97. The number of benzene rings is 2. The molecule has 0 saturated carbocycles.